The second kappa shape index (κ2) is 8.28. The molecule has 0 radical (unpaired) electrons. The first-order valence-electron chi connectivity index (χ1n) is 7.41. The van der Waals surface area contributed by atoms with Crippen LogP contribution in [0.4, 0.5) is 0 Å². The Morgan fingerprint density at radius 2 is 2.00 bits per heavy atom. The standard InChI is InChI=1S/C17H29NO2/c1-6-18-16(13-20-11-10-17(2,3)4)14-8-7-9-15(12-14)19-5/h7-9,12,16,18H,6,10-11,13H2,1-5H3. The number of benzene rings is 1. The summed E-state index contributed by atoms with van der Waals surface area (Å²) in [6.45, 7) is 11.2. The van der Waals surface area contributed by atoms with E-state index in [1.165, 1.54) is 5.56 Å². The van der Waals surface area contributed by atoms with E-state index < -0.39 is 0 Å². The Bertz CT molecular complexity index is 385. The molecular formula is C17H29NO2. The molecule has 1 atom stereocenters. The van der Waals surface area contributed by atoms with Gasteiger partial charge in [0.05, 0.1) is 19.8 Å². The number of likely N-dealkylation sites (N-methyl/N-ethyl adjacent to an activating group) is 1. The van der Waals surface area contributed by atoms with Crippen LogP contribution in [0.3, 0.4) is 0 Å². The van der Waals surface area contributed by atoms with Crippen molar-refractivity contribution in [3.63, 3.8) is 0 Å². The number of ether oxygens (including phenoxy) is 2. The van der Waals surface area contributed by atoms with Crippen LogP contribution < -0.4 is 10.1 Å². The lowest BCUT2D eigenvalue weighted by molar-refractivity contribution is 0.0900. The van der Waals surface area contributed by atoms with Gasteiger partial charge in [0, 0.05) is 6.61 Å². The van der Waals surface area contributed by atoms with Crippen molar-refractivity contribution in [3.05, 3.63) is 29.8 Å². The number of nitrogens with one attached hydrogen (secondary N) is 1. The molecule has 0 aliphatic carbocycles. The fraction of sp³-hybridized carbons (Fsp3) is 0.647. The van der Waals surface area contributed by atoms with Crippen molar-refractivity contribution in [1.29, 1.82) is 0 Å². The monoisotopic (exact) mass is 279 g/mol. The Morgan fingerprint density at radius 3 is 2.60 bits per heavy atom. The highest BCUT2D eigenvalue weighted by Crippen LogP contribution is 2.21. The van der Waals surface area contributed by atoms with Gasteiger partial charge in [-0.1, -0.05) is 39.8 Å². The second-order valence-corrected chi connectivity index (χ2v) is 6.27. The highest BCUT2D eigenvalue weighted by Gasteiger charge is 2.13. The summed E-state index contributed by atoms with van der Waals surface area (Å²) in [6.07, 6.45) is 1.07. The third-order valence-corrected chi connectivity index (χ3v) is 3.23. The van der Waals surface area contributed by atoms with E-state index in [1.807, 2.05) is 12.1 Å². The van der Waals surface area contributed by atoms with Gasteiger partial charge in [-0.15, -0.1) is 0 Å². The number of hydrogen-bond acceptors (Lipinski definition) is 3. The zero-order valence-corrected chi connectivity index (χ0v) is 13.5. The predicted octanol–water partition coefficient (Wildman–Crippen LogP) is 3.80. The van der Waals surface area contributed by atoms with E-state index in [2.05, 4.69) is 45.1 Å². The minimum absolute atomic E-state index is 0.218. The van der Waals surface area contributed by atoms with E-state index in [0.29, 0.717) is 12.0 Å². The normalized spacial score (nSPS) is 13.2. The number of methoxy groups -OCH3 is 1. The van der Waals surface area contributed by atoms with Crippen LogP contribution in [0.1, 0.15) is 45.7 Å². The van der Waals surface area contributed by atoms with Crippen LogP contribution in [0, 0.1) is 5.41 Å². The summed E-state index contributed by atoms with van der Waals surface area (Å²) in [6, 6.07) is 8.39. The van der Waals surface area contributed by atoms with Crippen molar-refractivity contribution < 1.29 is 9.47 Å². The van der Waals surface area contributed by atoms with Crippen LogP contribution in [0.25, 0.3) is 0 Å². The molecule has 0 bridgehead atoms. The Hall–Kier alpha value is -1.06. The van der Waals surface area contributed by atoms with E-state index in [-0.39, 0.29) is 6.04 Å². The minimum Gasteiger partial charge on any atom is -0.497 e. The lowest BCUT2D eigenvalue weighted by Crippen LogP contribution is -2.26. The molecule has 20 heavy (non-hydrogen) atoms. The molecule has 1 N–H and O–H groups in total. The molecule has 0 spiro atoms. The van der Waals surface area contributed by atoms with Crippen molar-refractivity contribution in [3.8, 4) is 5.75 Å². The van der Waals surface area contributed by atoms with Crippen molar-refractivity contribution in [1.82, 2.24) is 5.32 Å². The first kappa shape index (κ1) is 17.0. The lowest BCUT2D eigenvalue weighted by atomic mass is 9.93. The van der Waals surface area contributed by atoms with Crippen molar-refractivity contribution >= 4 is 0 Å². The highest BCUT2D eigenvalue weighted by atomic mass is 16.5. The molecule has 1 aromatic carbocycles. The molecular weight excluding hydrogens is 250 g/mol. The van der Waals surface area contributed by atoms with E-state index in [9.17, 15) is 0 Å². The van der Waals surface area contributed by atoms with E-state index in [0.717, 1.165) is 25.3 Å². The van der Waals surface area contributed by atoms with E-state index in [1.54, 1.807) is 7.11 Å². The Morgan fingerprint density at radius 1 is 1.25 bits per heavy atom. The zero-order valence-electron chi connectivity index (χ0n) is 13.5. The summed E-state index contributed by atoms with van der Waals surface area (Å²) in [5.41, 5.74) is 1.53. The smallest absolute Gasteiger partial charge is 0.119 e. The molecule has 0 aromatic heterocycles. The molecule has 3 heteroatoms. The first-order chi connectivity index (χ1) is 9.46. The van der Waals surface area contributed by atoms with Gasteiger partial charge in [0.1, 0.15) is 5.75 Å². The van der Waals surface area contributed by atoms with Gasteiger partial charge in [-0.05, 0) is 36.1 Å². The van der Waals surface area contributed by atoms with Gasteiger partial charge >= 0.3 is 0 Å². The molecule has 1 rings (SSSR count). The summed E-state index contributed by atoms with van der Waals surface area (Å²) >= 11 is 0. The van der Waals surface area contributed by atoms with Gasteiger partial charge in [0.25, 0.3) is 0 Å². The molecule has 0 aliphatic rings. The molecule has 114 valence electrons. The summed E-state index contributed by atoms with van der Waals surface area (Å²) < 4.78 is 11.1. The van der Waals surface area contributed by atoms with E-state index in [4.69, 9.17) is 9.47 Å². The fourth-order valence-electron chi connectivity index (χ4n) is 1.96. The van der Waals surface area contributed by atoms with Crippen LogP contribution in [-0.2, 0) is 4.74 Å². The summed E-state index contributed by atoms with van der Waals surface area (Å²) in [5, 5.41) is 3.47. The zero-order chi connectivity index (χ0) is 15.0. The summed E-state index contributed by atoms with van der Waals surface area (Å²) in [5.74, 6) is 0.889. The van der Waals surface area contributed by atoms with Crippen LogP contribution in [-0.4, -0.2) is 26.9 Å². The van der Waals surface area contributed by atoms with Gasteiger partial charge in [-0.25, -0.2) is 0 Å². The molecule has 0 aliphatic heterocycles. The average molecular weight is 279 g/mol. The van der Waals surface area contributed by atoms with Crippen LogP contribution >= 0.6 is 0 Å². The molecule has 0 saturated heterocycles. The average Bonchev–Trinajstić information content (AvgIpc) is 2.41. The molecule has 1 unspecified atom stereocenters. The molecule has 3 nitrogen and oxygen atoms in total. The molecule has 0 fully saturated rings. The third-order valence-electron chi connectivity index (χ3n) is 3.23. The maximum absolute atomic E-state index is 5.85. The first-order valence-corrected chi connectivity index (χ1v) is 7.41. The van der Waals surface area contributed by atoms with Crippen molar-refractivity contribution in [2.75, 3.05) is 26.9 Å². The Kier molecular flexibility index (Phi) is 7.03. The van der Waals surface area contributed by atoms with Crippen LogP contribution in [0.2, 0.25) is 0 Å². The topological polar surface area (TPSA) is 30.5 Å². The molecule has 0 heterocycles. The van der Waals surface area contributed by atoms with Crippen molar-refractivity contribution in [2.24, 2.45) is 5.41 Å². The summed E-state index contributed by atoms with van der Waals surface area (Å²) in [4.78, 5) is 0. The molecule has 1 aromatic rings. The maximum atomic E-state index is 5.85. The van der Waals surface area contributed by atoms with Gasteiger partial charge < -0.3 is 14.8 Å². The Balaban J connectivity index is 2.55. The van der Waals surface area contributed by atoms with Gasteiger partial charge in [-0.2, -0.15) is 0 Å². The third kappa shape index (κ3) is 6.40. The quantitative estimate of drug-likeness (QED) is 0.734. The Labute approximate surface area is 123 Å². The van der Waals surface area contributed by atoms with Crippen LogP contribution in [0.15, 0.2) is 24.3 Å². The number of rotatable bonds is 8. The fourth-order valence-corrected chi connectivity index (χ4v) is 1.96. The summed E-state index contributed by atoms with van der Waals surface area (Å²) in [7, 11) is 1.70. The molecule has 0 saturated carbocycles. The number of hydrogen-bond donors (Lipinski definition) is 1. The van der Waals surface area contributed by atoms with Gasteiger partial charge in [-0.3, -0.25) is 0 Å². The van der Waals surface area contributed by atoms with E-state index >= 15 is 0 Å². The predicted molar refractivity (Wildman–Crippen MR) is 84.3 cm³/mol. The van der Waals surface area contributed by atoms with Crippen molar-refractivity contribution in [2.45, 2.75) is 40.2 Å². The van der Waals surface area contributed by atoms with Crippen LogP contribution in [0.5, 0.6) is 5.75 Å². The minimum atomic E-state index is 0.218. The highest BCUT2D eigenvalue weighted by molar-refractivity contribution is 5.30. The maximum Gasteiger partial charge on any atom is 0.119 e. The lowest BCUT2D eigenvalue weighted by Gasteiger charge is -2.21. The second-order valence-electron chi connectivity index (χ2n) is 6.27. The SMILES string of the molecule is CCNC(COCCC(C)(C)C)c1cccc(OC)c1. The molecule has 0 amide bonds. The largest absolute Gasteiger partial charge is 0.497 e. The van der Waals surface area contributed by atoms with Gasteiger partial charge in [0.15, 0.2) is 0 Å². The van der Waals surface area contributed by atoms with Gasteiger partial charge in [0.2, 0.25) is 0 Å².